The average molecular weight is 367 g/mol. The minimum atomic E-state index is -0.0245. The Balaban J connectivity index is 1.78. The number of rotatable bonds is 6. The Bertz CT molecular complexity index is 602. The van der Waals surface area contributed by atoms with Crippen molar-refractivity contribution < 1.29 is 14.3 Å². The number of halogens is 1. The third kappa shape index (κ3) is 5.63. The minimum absolute atomic E-state index is 0.0212. The molecule has 1 saturated heterocycles. The molecule has 1 aliphatic heterocycles. The summed E-state index contributed by atoms with van der Waals surface area (Å²) in [6.07, 6.45) is 3.00. The summed E-state index contributed by atoms with van der Waals surface area (Å²) in [7, 11) is 0. The average Bonchev–Trinajstić information content (AvgIpc) is 2.58. The van der Waals surface area contributed by atoms with E-state index in [4.69, 9.17) is 16.3 Å². The van der Waals surface area contributed by atoms with Crippen molar-refractivity contribution >= 4 is 23.4 Å². The number of hydrogen-bond donors (Lipinski definition) is 1. The number of carbonyl (C=O) groups is 2. The van der Waals surface area contributed by atoms with Crippen LogP contribution < -0.4 is 10.1 Å². The summed E-state index contributed by atoms with van der Waals surface area (Å²) in [6, 6.07) is 3.86. The molecular formula is C19H27ClN2O3. The maximum Gasteiger partial charge on any atom is 0.260 e. The van der Waals surface area contributed by atoms with Crippen molar-refractivity contribution in [2.24, 2.45) is 0 Å². The second kappa shape index (κ2) is 9.09. The second-order valence-electron chi connectivity index (χ2n) is 6.63. The molecule has 2 amide bonds. The fraction of sp³-hybridized carbons (Fsp3) is 0.579. The summed E-state index contributed by atoms with van der Waals surface area (Å²) in [5, 5.41) is 3.76. The molecule has 0 atom stereocenters. The number of amides is 2. The molecule has 0 unspecified atom stereocenters. The van der Waals surface area contributed by atoms with E-state index < -0.39 is 0 Å². The predicted octanol–water partition coefficient (Wildman–Crippen LogP) is 3.24. The van der Waals surface area contributed by atoms with Crippen molar-refractivity contribution in [3.8, 4) is 5.75 Å². The maximum absolute atomic E-state index is 12.3. The van der Waals surface area contributed by atoms with Gasteiger partial charge in [0.25, 0.3) is 5.91 Å². The molecule has 6 heteroatoms. The maximum atomic E-state index is 12.3. The van der Waals surface area contributed by atoms with Crippen molar-refractivity contribution in [2.45, 2.75) is 52.5 Å². The normalized spacial score (nSPS) is 15.1. The monoisotopic (exact) mass is 366 g/mol. The van der Waals surface area contributed by atoms with E-state index in [0.717, 1.165) is 35.4 Å². The minimum Gasteiger partial charge on any atom is -0.484 e. The van der Waals surface area contributed by atoms with Crippen molar-refractivity contribution in [2.75, 3.05) is 19.7 Å². The van der Waals surface area contributed by atoms with Gasteiger partial charge in [-0.05, 0) is 56.4 Å². The van der Waals surface area contributed by atoms with Gasteiger partial charge >= 0.3 is 0 Å². The first-order chi connectivity index (χ1) is 11.9. The molecule has 1 N–H and O–H groups in total. The lowest BCUT2D eigenvalue weighted by molar-refractivity contribution is -0.134. The number of nitrogens with one attached hydrogen (secondary N) is 1. The van der Waals surface area contributed by atoms with Crippen LogP contribution in [0.5, 0.6) is 5.75 Å². The van der Waals surface area contributed by atoms with Gasteiger partial charge < -0.3 is 15.0 Å². The topological polar surface area (TPSA) is 58.6 Å². The summed E-state index contributed by atoms with van der Waals surface area (Å²) in [4.78, 5) is 25.8. The van der Waals surface area contributed by atoms with Crippen LogP contribution >= 0.6 is 11.6 Å². The van der Waals surface area contributed by atoms with Crippen LogP contribution in [0.4, 0.5) is 0 Å². The quantitative estimate of drug-likeness (QED) is 0.840. The van der Waals surface area contributed by atoms with Crippen LogP contribution in [0.2, 0.25) is 5.02 Å². The molecule has 0 aromatic heterocycles. The number of likely N-dealkylation sites (tertiary alicyclic amines) is 1. The number of hydrogen-bond acceptors (Lipinski definition) is 3. The van der Waals surface area contributed by atoms with Crippen molar-refractivity contribution in [3.63, 3.8) is 0 Å². The zero-order valence-electron chi connectivity index (χ0n) is 15.2. The molecule has 0 saturated carbocycles. The number of carbonyl (C=O) groups excluding carboxylic acids is 2. The van der Waals surface area contributed by atoms with Crippen molar-refractivity contribution in [1.82, 2.24) is 10.2 Å². The molecule has 1 aliphatic rings. The Labute approximate surface area is 154 Å². The Morgan fingerprint density at radius 3 is 2.40 bits per heavy atom. The van der Waals surface area contributed by atoms with Crippen LogP contribution in [0.3, 0.4) is 0 Å². The van der Waals surface area contributed by atoms with Crippen LogP contribution in [0.15, 0.2) is 12.1 Å². The van der Waals surface area contributed by atoms with E-state index in [9.17, 15) is 9.59 Å². The van der Waals surface area contributed by atoms with Crippen LogP contribution in [0.1, 0.15) is 43.7 Å². The molecule has 1 aromatic carbocycles. The molecule has 5 nitrogen and oxygen atoms in total. The molecule has 1 fully saturated rings. The summed E-state index contributed by atoms with van der Waals surface area (Å²) in [5.41, 5.74) is 1.88. The lowest BCUT2D eigenvalue weighted by atomic mass is 10.0. The highest BCUT2D eigenvalue weighted by molar-refractivity contribution is 6.32. The third-order valence-corrected chi connectivity index (χ3v) is 5.06. The summed E-state index contributed by atoms with van der Waals surface area (Å²) < 4.78 is 5.64. The van der Waals surface area contributed by atoms with Crippen LogP contribution in [0.25, 0.3) is 0 Å². The summed E-state index contributed by atoms with van der Waals surface area (Å²) in [6.45, 7) is 7.15. The van der Waals surface area contributed by atoms with Crippen LogP contribution in [-0.4, -0.2) is 42.5 Å². The summed E-state index contributed by atoms with van der Waals surface area (Å²) in [5.74, 6) is 0.738. The Morgan fingerprint density at radius 2 is 1.84 bits per heavy atom. The van der Waals surface area contributed by atoms with Gasteiger partial charge in [0.15, 0.2) is 6.61 Å². The Morgan fingerprint density at radius 1 is 1.24 bits per heavy atom. The number of ether oxygens (including phenoxy) is 1. The van der Waals surface area contributed by atoms with E-state index in [2.05, 4.69) is 5.32 Å². The fourth-order valence-corrected chi connectivity index (χ4v) is 3.14. The second-order valence-corrected chi connectivity index (χ2v) is 7.01. The molecular weight excluding hydrogens is 340 g/mol. The van der Waals surface area contributed by atoms with Gasteiger partial charge in [0.05, 0.1) is 0 Å². The van der Waals surface area contributed by atoms with Gasteiger partial charge in [-0.2, -0.15) is 0 Å². The Kier molecular flexibility index (Phi) is 7.12. The molecule has 1 heterocycles. The van der Waals surface area contributed by atoms with E-state index in [1.165, 1.54) is 0 Å². The molecule has 1 aromatic rings. The Hall–Kier alpha value is -1.75. The van der Waals surface area contributed by atoms with E-state index in [1.54, 1.807) is 4.90 Å². The molecule has 0 spiro atoms. The van der Waals surface area contributed by atoms with E-state index in [1.807, 2.05) is 32.9 Å². The smallest absolute Gasteiger partial charge is 0.260 e. The highest BCUT2D eigenvalue weighted by Crippen LogP contribution is 2.25. The van der Waals surface area contributed by atoms with E-state index in [-0.39, 0.29) is 24.5 Å². The number of piperidine rings is 1. The first-order valence-corrected chi connectivity index (χ1v) is 9.25. The first kappa shape index (κ1) is 19.6. The van der Waals surface area contributed by atoms with Gasteiger partial charge in [0, 0.05) is 30.6 Å². The molecule has 0 radical (unpaired) electrons. The predicted molar refractivity (Wildman–Crippen MR) is 99.1 cm³/mol. The highest BCUT2D eigenvalue weighted by Gasteiger charge is 2.23. The van der Waals surface area contributed by atoms with Gasteiger partial charge in [-0.25, -0.2) is 0 Å². The first-order valence-electron chi connectivity index (χ1n) is 8.87. The highest BCUT2D eigenvalue weighted by atomic mass is 35.5. The zero-order valence-corrected chi connectivity index (χ0v) is 16.0. The van der Waals surface area contributed by atoms with E-state index in [0.29, 0.717) is 25.3 Å². The van der Waals surface area contributed by atoms with Crippen LogP contribution in [-0.2, 0) is 9.59 Å². The van der Waals surface area contributed by atoms with Crippen molar-refractivity contribution in [1.29, 1.82) is 0 Å². The molecule has 0 bridgehead atoms. The van der Waals surface area contributed by atoms with Crippen LogP contribution in [0, 0.1) is 13.8 Å². The van der Waals surface area contributed by atoms with Gasteiger partial charge in [-0.15, -0.1) is 0 Å². The molecule has 0 aliphatic carbocycles. The molecule has 138 valence electrons. The largest absolute Gasteiger partial charge is 0.484 e. The van der Waals surface area contributed by atoms with Gasteiger partial charge in [-0.1, -0.05) is 18.5 Å². The van der Waals surface area contributed by atoms with Gasteiger partial charge in [0.1, 0.15) is 5.75 Å². The SMILES string of the molecule is CCCC(=O)NC1CCN(C(=O)COc2cc(C)c(Cl)c(C)c2)CC1. The lowest BCUT2D eigenvalue weighted by Crippen LogP contribution is -2.47. The number of aryl methyl sites for hydroxylation is 2. The van der Waals surface area contributed by atoms with E-state index >= 15 is 0 Å². The van der Waals surface area contributed by atoms with Gasteiger partial charge in [0.2, 0.25) is 5.91 Å². The molecule has 2 rings (SSSR count). The van der Waals surface area contributed by atoms with Crippen molar-refractivity contribution in [3.05, 3.63) is 28.3 Å². The molecule has 25 heavy (non-hydrogen) atoms. The van der Waals surface area contributed by atoms with Gasteiger partial charge in [-0.3, -0.25) is 9.59 Å². The summed E-state index contributed by atoms with van der Waals surface area (Å²) >= 11 is 6.14. The zero-order chi connectivity index (χ0) is 18.4. The third-order valence-electron chi connectivity index (χ3n) is 4.46. The standard InChI is InChI=1S/C19H27ClN2O3/c1-4-5-17(23)21-15-6-8-22(9-7-15)18(24)12-25-16-10-13(2)19(20)14(3)11-16/h10-11,15H,4-9,12H2,1-3H3,(H,21,23). The fourth-order valence-electron chi connectivity index (χ4n) is 3.03. The number of benzene rings is 1. The number of nitrogens with zero attached hydrogens (tertiary/aromatic N) is 1. The lowest BCUT2D eigenvalue weighted by Gasteiger charge is -2.32.